The van der Waals surface area contributed by atoms with Crippen LogP contribution in [0.4, 0.5) is 5.69 Å². The normalized spacial score (nSPS) is 32.4. The third-order valence-corrected chi connectivity index (χ3v) is 5.96. The van der Waals surface area contributed by atoms with Gasteiger partial charge in [-0.2, -0.15) is 0 Å². The van der Waals surface area contributed by atoms with Crippen molar-refractivity contribution < 1.29 is 14.4 Å². The summed E-state index contributed by atoms with van der Waals surface area (Å²) in [5.74, 6) is -1.89. The molecule has 5 nitrogen and oxygen atoms in total. The van der Waals surface area contributed by atoms with Crippen molar-refractivity contribution in [2.24, 2.45) is 11.8 Å². The van der Waals surface area contributed by atoms with E-state index in [-0.39, 0.29) is 17.7 Å². The molecule has 0 unspecified atom stereocenters. The topological polar surface area (TPSA) is 66.5 Å². The molecule has 3 aliphatic heterocycles. The Labute approximate surface area is 144 Å². The summed E-state index contributed by atoms with van der Waals surface area (Å²) in [6.45, 7) is 1.79. The van der Waals surface area contributed by atoms with E-state index >= 15 is 0 Å². The second kappa shape index (κ2) is 4.57. The number of nitrogens with one attached hydrogen (secondary N) is 1. The van der Waals surface area contributed by atoms with Crippen LogP contribution in [0.2, 0.25) is 0 Å². The molecule has 0 spiro atoms. The highest BCUT2D eigenvalue weighted by Crippen LogP contribution is 2.57. The Morgan fingerprint density at radius 3 is 2.36 bits per heavy atom. The minimum absolute atomic E-state index is 0.173. The number of fused-ring (bicyclic) bond motifs is 1. The molecule has 0 aromatic heterocycles. The number of piperidine rings is 1. The van der Waals surface area contributed by atoms with E-state index in [0.717, 1.165) is 11.1 Å². The number of para-hydroxylation sites is 1. The fraction of sp³-hybridized carbons (Fsp3) is 0.250. The molecule has 2 fully saturated rings. The van der Waals surface area contributed by atoms with Crippen molar-refractivity contribution in [1.82, 2.24) is 5.32 Å². The number of nitrogens with zero attached hydrogens (tertiary/aromatic N) is 1. The molecule has 25 heavy (non-hydrogen) atoms. The van der Waals surface area contributed by atoms with Gasteiger partial charge in [-0.1, -0.05) is 42.5 Å². The number of hydrogen-bond donors (Lipinski definition) is 1. The summed E-state index contributed by atoms with van der Waals surface area (Å²) in [7, 11) is 0. The monoisotopic (exact) mass is 332 g/mol. The Bertz CT molecular complexity index is 939. The van der Waals surface area contributed by atoms with E-state index in [0.29, 0.717) is 5.69 Å². The maximum atomic E-state index is 13.2. The van der Waals surface area contributed by atoms with E-state index in [1.165, 1.54) is 4.90 Å². The molecule has 0 saturated carbocycles. The first-order chi connectivity index (χ1) is 12.0. The maximum Gasteiger partial charge on any atom is 0.240 e. The molecule has 4 atom stereocenters. The molecule has 2 aromatic rings. The van der Waals surface area contributed by atoms with E-state index in [1.807, 2.05) is 30.3 Å². The highest BCUT2D eigenvalue weighted by atomic mass is 16.2. The van der Waals surface area contributed by atoms with Gasteiger partial charge in [-0.15, -0.1) is 0 Å². The zero-order valence-corrected chi connectivity index (χ0v) is 13.6. The fourth-order valence-corrected chi connectivity index (χ4v) is 4.79. The quantitative estimate of drug-likeness (QED) is 0.812. The average Bonchev–Trinajstić information content (AvgIpc) is 2.90. The van der Waals surface area contributed by atoms with Gasteiger partial charge >= 0.3 is 0 Å². The third kappa shape index (κ3) is 1.56. The summed E-state index contributed by atoms with van der Waals surface area (Å²) in [5, 5.41) is 2.97. The van der Waals surface area contributed by atoms with Gasteiger partial charge in [0.2, 0.25) is 17.7 Å². The molecule has 2 aromatic carbocycles. The molecule has 2 saturated heterocycles. The number of amides is 3. The number of rotatable bonds is 1. The van der Waals surface area contributed by atoms with E-state index < -0.39 is 23.3 Å². The second-order valence-corrected chi connectivity index (χ2v) is 7.09. The van der Waals surface area contributed by atoms with E-state index in [1.54, 1.807) is 31.2 Å². The summed E-state index contributed by atoms with van der Waals surface area (Å²) in [6, 6.07) is 16.1. The Balaban J connectivity index is 1.72. The van der Waals surface area contributed by atoms with Gasteiger partial charge in [-0.05, 0) is 30.2 Å². The number of benzene rings is 2. The summed E-state index contributed by atoms with van der Waals surface area (Å²) in [6.07, 6.45) is 0. The van der Waals surface area contributed by atoms with Gasteiger partial charge in [0.15, 0.2) is 0 Å². The minimum atomic E-state index is -1.02. The van der Waals surface area contributed by atoms with Crippen LogP contribution < -0.4 is 10.2 Å². The van der Waals surface area contributed by atoms with Gasteiger partial charge in [0.25, 0.3) is 0 Å². The number of carbonyl (C=O) groups is 3. The predicted molar refractivity (Wildman–Crippen MR) is 90.6 cm³/mol. The van der Waals surface area contributed by atoms with Crippen LogP contribution in [-0.4, -0.2) is 17.7 Å². The van der Waals surface area contributed by atoms with Crippen molar-refractivity contribution in [3.63, 3.8) is 0 Å². The largest absolute Gasteiger partial charge is 0.348 e. The molecule has 4 aliphatic rings. The van der Waals surface area contributed by atoms with Crippen molar-refractivity contribution in [3.05, 3.63) is 65.7 Å². The van der Waals surface area contributed by atoms with Crippen LogP contribution in [0, 0.1) is 11.8 Å². The average molecular weight is 332 g/mol. The second-order valence-electron chi connectivity index (χ2n) is 7.09. The number of hydrogen-bond acceptors (Lipinski definition) is 3. The predicted octanol–water partition coefficient (Wildman–Crippen LogP) is 1.93. The smallest absolute Gasteiger partial charge is 0.240 e. The summed E-state index contributed by atoms with van der Waals surface area (Å²) < 4.78 is 0. The lowest BCUT2D eigenvalue weighted by Gasteiger charge is -2.50. The Morgan fingerprint density at radius 2 is 1.60 bits per heavy atom. The lowest BCUT2D eigenvalue weighted by molar-refractivity contribution is -0.143. The lowest BCUT2D eigenvalue weighted by atomic mass is 9.55. The Morgan fingerprint density at radius 1 is 0.920 bits per heavy atom. The van der Waals surface area contributed by atoms with Crippen molar-refractivity contribution in [1.29, 1.82) is 0 Å². The molecular formula is C20H16N2O3. The summed E-state index contributed by atoms with van der Waals surface area (Å²) >= 11 is 0. The van der Waals surface area contributed by atoms with Crippen LogP contribution in [-0.2, 0) is 19.8 Å². The zero-order valence-electron chi connectivity index (χ0n) is 13.6. The van der Waals surface area contributed by atoms with Crippen LogP contribution in [0.5, 0.6) is 0 Å². The molecular weight excluding hydrogens is 316 g/mol. The van der Waals surface area contributed by atoms with Gasteiger partial charge in [0, 0.05) is 0 Å². The van der Waals surface area contributed by atoms with E-state index in [4.69, 9.17) is 0 Å². The van der Waals surface area contributed by atoms with Crippen LogP contribution in [0.1, 0.15) is 24.1 Å². The van der Waals surface area contributed by atoms with Crippen LogP contribution in [0.3, 0.4) is 0 Å². The fourth-order valence-electron chi connectivity index (χ4n) is 4.79. The molecule has 124 valence electrons. The number of anilines is 1. The first-order valence-corrected chi connectivity index (χ1v) is 8.38. The molecule has 2 bridgehead atoms. The van der Waals surface area contributed by atoms with E-state index in [9.17, 15) is 14.4 Å². The van der Waals surface area contributed by atoms with E-state index in [2.05, 4.69) is 5.32 Å². The SMILES string of the molecule is C[C@@]12C(=O)N[C@@H](c3ccccc31)[C@@H]1C(=O)N(c3ccccc3)C(=O)[C@@H]12. The van der Waals surface area contributed by atoms with Gasteiger partial charge in [0.1, 0.15) is 0 Å². The molecule has 5 heteroatoms. The maximum absolute atomic E-state index is 13.2. The molecule has 3 amide bonds. The molecule has 1 N–H and O–H groups in total. The first kappa shape index (κ1) is 14.4. The standard InChI is InChI=1S/C20H16N2O3/c1-20-13-10-6-5-9-12(13)16(21-19(20)25)14-15(20)18(24)22(17(14)23)11-7-3-2-4-8-11/h2-10,14-16H,1H3,(H,21,25)/t14-,15-,16+,20-/m1/s1. The van der Waals surface area contributed by atoms with Gasteiger partial charge in [-0.3, -0.25) is 14.4 Å². The first-order valence-electron chi connectivity index (χ1n) is 8.38. The highest BCUT2D eigenvalue weighted by Gasteiger charge is 2.68. The molecule has 0 radical (unpaired) electrons. The third-order valence-electron chi connectivity index (χ3n) is 5.96. The van der Waals surface area contributed by atoms with Gasteiger partial charge < -0.3 is 5.32 Å². The van der Waals surface area contributed by atoms with Crippen LogP contribution in [0.25, 0.3) is 0 Å². The number of imide groups is 1. The van der Waals surface area contributed by atoms with Crippen molar-refractivity contribution >= 4 is 23.4 Å². The Hall–Kier alpha value is -2.95. The van der Waals surface area contributed by atoms with Gasteiger partial charge in [-0.25, -0.2) is 4.90 Å². The van der Waals surface area contributed by atoms with Gasteiger partial charge in [0.05, 0.1) is 29.0 Å². The van der Waals surface area contributed by atoms with Crippen molar-refractivity contribution in [2.75, 3.05) is 4.90 Å². The summed E-state index contributed by atoms with van der Waals surface area (Å²) in [5.41, 5.74) is 1.35. The van der Waals surface area contributed by atoms with Crippen molar-refractivity contribution in [2.45, 2.75) is 18.4 Å². The highest BCUT2D eigenvalue weighted by molar-refractivity contribution is 6.25. The number of carbonyl (C=O) groups excluding carboxylic acids is 3. The molecule has 1 aliphatic carbocycles. The molecule has 6 rings (SSSR count). The molecule has 3 heterocycles. The van der Waals surface area contributed by atoms with Crippen molar-refractivity contribution in [3.8, 4) is 0 Å². The summed E-state index contributed by atoms with van der Waals surface area (Å²) in [4.78, 5) is 40.4. The lowest BCUT2D eigenvalue weighted by Crippen LogP contribution is -2.63. The van der Waals surface area contributed by atoms with Crippen LogP contribution >= 0.6 is 0 Å². The minimum Gasteiger partial charge on any atom is -0.348 e. The zero-order chi connectivity index (χ0) is 17.3. The Kier molecular flexibility index (Phi) is 2.63. The van der Waals surface area contributed by atoms with Crippen LogP contribution in [0.15, 0.2) is 54.6 Å².